The van der Waals surface area contributed by atoms with Crippen molar-refractivity contribution in [1.29, 1.82) is 0 Å². The van der Waals surface area contributed by atoms with Gasteiger partial charge in [0.15, 0.2) is 5.69 Å². The topological polar surface area (TPSA) is 62.8 Å². The Kier molecular flexibility index (Phi) is 4.15. The third-order valence-corrected chi connectivity index (χ3v) is 4.03. The molecule has 0 saturated carbocycles. The van der Waals surface area contributed by atoms with E-state index in [2.05, 4.69) is 15.2 Å². The van der Waals surface area contributed by atoms with Crippen LogP contribution in [0.2, 0.25) is 0 Å². The van der Waals surface area contributed by atoms with Gasteiger partial charge >= 0.3 is 0 Å². The third-order valence-electron chi connectivity index (χ3n) is 3.37. The number of thiazole rings is 1. The Morgan fingerprint density at radius 1 is 1.36 bits per heavy atom. The van der Waals surface area contributed by atoms with Crippen LogP contribution in [0.1, 0.15) is 19.8 Å². The number of fused-ring (bicyclic) bond motifs is 1. The van der Waals surface area contributed by atoms with E-state index in [0.717, 1.165) is 12.8 Å². The van der Waals surface area contributed by atoms with Crippen LogP contribution >= 0.6 is 11.3 Å². The predicted octanol–water partition coefficient (Wildman–Crippen LogP) is 5.16. The van der Waals surface area contributed by atoms with Gasteiger partial charge in [0.1, 0.15) is 5.82 Å². The first-order valence-corrected chi connectivity index (χ1v) is 7.91. The SMILES string of the molecule is CCCCn1c(O)c(N=Nc2nccs2)c2cccc(F)c21. The molecule has 0 aliphatic carbocycles. The maximum absolute atomic E-state index is 14.2. The molecule has 0 amide bonds. The highest BCUT2D eigenvalue weighted by Gasteiger charge is 2.19. The Morgan fingerprint density at radius 3 is 2.95 bits per heavy atom. The Labute approximate surface area is 130 Å². The summed E-state index contributed by atoms with van der Waals surface area (Å²) in [6.07, 6.45) is 3.42. The summed E-state index contributed by atoms with van der Waals surface area (Å²) in [7, 11) is 0. The molecule has 5 nitrogen and oxygen atoms in total. The highest BCUT2D eigenvalue weighted by Crippen LogP contribution is 2.40. The van der Waals surface area contributed by atoms with E-state index in [1.807, 2.05) is 6.92 Å². The van der Waals surface area contributed by atoms with Gasteiger partial charge in [-0.25, -0.2) is 9.37 Å². The second kappa shape index (κ2) is 6.23. The van der Waals surface area contributed by atoms with Crippen LogP contribution < -0.4 is 0 Å². The van der Waals surface area contributed by atoms with Gasteiger partial charge in [-0.3, -0.25) is 0 Å². The minimum absolute atomic E-state index is 0.0612. The van der Waals surface area contributed by atoms with Crippen molar-refractivity contribution in [3.8, 4) is 5.88 Å². The molecule has 0 aliphatic rings. The van der Waals surface area contributed by atoms with Crippen LogP contribution in [0.3, 0.4) is 0 Å². The molecule has 1 N–H and O–H groups in total. The van der Waals surface area contributed by atoms with Crippen molar-refractivity contribution in [2.45, 2.75) is 26.3 Å². The van der Waals surface area contributed by atoms with Crippen LogP contribution in [0, 0.1) is 5.82 Å². The molecule has 0 atom stereocenters. The first kappa shape index (κ1) is 14.6. The molecule has 7 heteroatoms. The first-order chi connectivity index (χ1) is 10.7. The molecule has 2 heterocycles. The van der Waals surface area contributed by atoms with Gasteiger partial charge in [0, 0.05) is 23.5 Å². The lowest BCUT2D eigenvalue weighted by Gasteiger charge is -2.05. The maximum Gasteiger partial charge on any atom is 0.229 e. The minimum atomic E-state index is -0.375. The molecule has 22 heavy (non-hydrogen) atoms. The van der Waals surface area contributed by atoms with Gasteiger partial charge in [-0.2, -0.15) is 0 Å². The normalized spacial score (nSPS) is 11.7. The fraction of sp³-hybridized carbons (Fsp3) is 0.267. The molecule has 0 saturated heterocycles. The number of rotatable bonds is 5. The number of aromatic nitrogens is 2. The molecular formula is C15H15FN4OS. The van der Waals surface area contributed by atoms with E-state index in [9.17, 15) is 9.50 Å². The van der Waals surface area contributed by atoms with E-state index in [1.54, 1.807) is 28.3 Å². The Hall–Kier alpha value is -2.28. The molecule has 0 fully saturated rings. The smallest absolute Gasteiger partial charge is 0.229 e. The van der Waals surface area contributed by atoms with Crippen molar-refractivity contribution in [2.75, 3.05) is 0 Å². The standard InChI is InChI=1S/C15H15FN4OS/c1-2-3-8-20-13-10(5-4-6-11(13)16)12(14(20)21)18-19-15-17-7-9-22-15/h4-7,9,21H,2-3,8H2,1H3. The summed E-state index contributed by atoms with van der Waals surface area (Å²) in [5.41, 5.74) is 0.641. The number of halogens is 1. The predicted molar refractivity (Wildman–Crippen MR) is 84.8 cm³/mol. The summed E-state index contributed by atoms with van der Waals surface area (Å²) in [6.45, 7) is 2.58. The quantitative estimate of drug-likeness (QED) is 0.661. The number of nitrogens with zero attached hydrogens (tertiary/aromatic N) is 4. The number of azo groups is 1. The van der Waals surface area contributed by atoms with Crippen molar-refractivity contribution >= 4 is 33.1 Å². The van der Waals surface area contributed by atoms with Gasteiger partial charge < -0.3 is 9.67 Å². The molecule has 0 bridgehead atoms. The lowest BCUT2D eigenvalue weighted by molar-refractivity contribution is 0.416. The van der Waals surface area contributed by atoms with E-state index >= 15 is 0 Å². The van der Waals surface area contributed by atoms with E-state index in [1.165, 1.54) is 17.4 Å². The van der Waals surface area contributed by atoms with Crippen molar-refractivity contribution < 1.29 is 9.50 Å². The molecule has 0 aliphatic heterocycles. The third kappa shape index (κ3) is 2.59. The molecule has 3 aromatic rings. The Morgan fingerprint density at radius 2 is 2.23 bits per heavy atom. The number of aromatic hydroxyl groups is 1. The molecule has 2 aromatic heterocycles. The summed E-state index contributed by atoms with van der Waals surface area (Å²) >= 11 is 1.34. The molecular weight excluding hydrogens is 303 g/mol. The highest BCUT2D eigenvalue weighted by molar-refractivity contribution is 7.13. The zero-order valence-electron chi connectivity index (χ0n) is 12.0. The van der Waals surface area contributed by atoms with Crippen LogP contribution in [0.4, 0.5) is 15.2 Å². The zero-order chi connectivity index (χ0) is 15.5. The lowest BCUT2D eigenvalue weighted by Crippen LogP contribution is -1.98. The van der Waals surface area contributed by atoms with Gasteiger partial charge in [0.2, 0.25) is 11.0 Å². The van der Waals surface area contributed by atoms with Crippen LogP contribution in [0.15, 0.2) is 40.0 Å². The van der Waals surface area contributed by atoms with Crippen molar-refractivity contribution in [3.05, 3.63) is 35.6 Å². The molecule has 0 unspecified atom stereocenters. The summed E-state index contributed by atoms with van der Waals surface area (Å²) < 4.78 is 15.7. The number of hydrogen-bond donors (Lipinski definition) is 1. The van der Waals surface area contributed by atoms with E-state index in [0.29, 0.717) is 22.6 Å². The van der Waals surface area contributed by atoms with Crippen molar-refractivity contribution in [2.24, 2.45) is 10.2 Å². The summed E-state index contributed by atoms with van der Waals surface area (Å²) in [6, 6.07) is 4.71. The highest BCUT2D eigenvalue weighted by atomic mass is 32.1. The average molecular weight is 318 g/mol. The fourth-order valence-corrected chi connectivity index (χ4v) is 2.78. The number of unbranched alkanes of at least 4 members (excludes halogenated alkanes) is 1. The average Bonchev–Trinajstić information content (AvgIpc) is 3.11. The van der Waals surface area contributed by atoms with E-state index < -0.39 is 0 Å². The molecule has 3 rings (SSSR count). The van der Waals surface area contributed by atoms with Gasteiger partial charge in [0.05, 0.1) is 5.52 Å². The summed E-state index contributed by atoms with van der Waals surface area (Å²) in [5, 5.41) is 21.3. The summed E-state index contributed by atoms with van der Waals surface area (Å²) in [5.74, 6) is -0.437. The fourth-order valence-electron chi connectivity index (χ4n) is 2.33. The van der Waals surface area contributed by atoms with E-state index in [-0.39, 0.29) is 17.4 Å². The number of aryl methyl sites for hydroxylation is 1. The second-order valence-electron chi connectivity index (χ2n) is 4.83. The van der Waals surface area contributed by atoms with Gasteiger partial charge in [0.25, 0.3) is 0 Å². The lowest BCUT2D eigenvalue weighted by atomic mass is 10.2. The van der Waals surface area contributed by atoms with Crippen molar-refractivity contribution in [3.63, 3.8) is 0 Å². The zero-order valence-corrected chi connectivity index (χ0v) is 12.8. The van der Waals surface area contributed by atoms with E-state index in [4.69, 9.17) is 0 Å². The second-order valence-corrected chi connectivity index (χ2v) is 5.70. The van der Waals surface area contributed by atoms with Crippen LogP contribution in [-0.2, 0) is 6.54 Å². The van der Waals surface area contributed by atoms with Gasteiger partial charge in [-0.15, -0.1) is 21.6 Å². The number of hydrogen-bond acceptors (Lipinski definition) is 5. The van der Waals surface area contributed by atoms with Gasteiger partial charge in [-0.05, 0) is 12.5 Å². The minimum Gasteiger partial charge on any atom is -0.493 e. The maximum atomic E-state index is 14.2. The molecule has 1 aromatic carbocycles. The van der Waals surface area contributed by atoms with Gasteiger partial charge in [-0.1, -0.05) is 25.5 Å². The van der Waals surface area contributed by atoms with Crippen molar-refractivity contribution in [1.82, 2.24) is 9.55 Å². The monoisotopic (exact) mass is 318 g/mol. The Bertz CT molecular complexity index is 811. The molecule has 0 spiro atoms. The van der Waals surface area contributed by atoms with Crippen LogP contribution in [0.25, 0.3) is 10.9 Å². The largest absolute Gasteiger partial charge is 0.493 e. The first-order valence-electron chi connectivity index (χ1n) is 7.03. The summed E-state index contributed by atoms with van der Waals surface area (Å²) in [4.78, 5) is 4.01. The number of para-hydroxylation sites is 1. The number of benzene rings is 1. The molecule has 0 radical (unpaired) electrons. The Balaban J connectivity index is 2.13. The van der Waals surface area contributed by atoms with Crippen LogP contribution in [0.5, 0.6) is 5.88 Å². The molecule has 114 valence electrons. The van der Waals surface area contributed by atoms with Crippen LogP contribution in [-0.4, -0.2) is 14.7 Å².